The predicted octanol–water partition coefficient (Wildman–Crippen LogP) is 2.24. The van der Waals surface area contributed by atoms with Crippen LogP contribution in [0, 0.1) is 6.92 Å². The molecule has 148 valence electrons. The molecule has 3 aromatic rings. The summed E-state index contributed by atoms with van der Waals surface area (Å²) in [5.41, 5.74) is 1.95. The molecule has 1 heterocycles. The van der Waals surface area contributed by atoms with Gasteiger partial charge in [0.25, 0.3) is 0 Å². The summed E-state index contributed by atoms with van der Waals surface area (Å²) in [5, 5.41) is 2.75. The van der Waals surface area contributed by atoms with E-state index in [1.807, 2.05) is 31.2 Å². The Hall–Kier alpha value is -2.91. The third-order valence-electron chi connectivity index (χ3n) is 4.37. The van der Waals surface area contributed by atoms with E-state index in [1.165, 1.54) is 39.4 Å². The van der Waals surface area contributed by atoms with Gasteiger partial charge in [0.1, 0.15) is 18.1 Å². The van der Waals surface area contributed by atoms with Crippen LogP contribution < -0.4 is 10.1 Å². The first kappa shape index (κ1) is 19.8. The fraction of sp³-hybridized carbons (Fsp3) is 0.263. The maximum absolute atomic E-state index is 12.7. The van der Waals surface area contributed by atoms with Crippen LogP contribution in [0.1, 0.15) is 5.82 Å². The lowest BCUT2D eigenvalue weighted by Crippen LogP contribution is -2.23. The fourth-order valence-corrected chi connectivity index (χ4v) is 3.81. The number of aromatic nitrogens is 2. The van der Waals surface area contributed by atoms with Crippen LogP contribution >= 0.6 is 0 Å². The van der Waals surface area contributed by atoms with Gasteiger partial charge in [-0.1, -0.05) is 12.1 Å². The van der Waals surface area contributed by atoms with Crippen LogP contribution in [0.25, 0.3) is 11.0 Å². The number of aryl methyl sites for hydroxylation is 1. The molecule has 2 aromatic carbocycles. The van der Waals surface area contributed by atoms with Crippen LogP contribution in [0.15, 0.2) is 47.4 Å². The lowest BCUT2D eigenvalue weighted by Gasteiger charge is -2.15. The molecule has 0 fully saturated rings. The molecule has 0 radical (unpaired) electrons. The van der Waals surface area contributed by atoms with Gasteiger partial charge >= 0.3 is 0 Å². The Morgan fingerprint density at radius 3 is 2.61 bits per heavy atom. The molecule has 3 rings (SSSR count). The molecule has 0 atom stereocenters. The van der Waals surface area contributed by atoms with E-state index in [0.717, 1.165) is 15.3 Å². The number of ether oxygens (including phenoxy) is 1. The highest BCUT2D eigenvalue weighted by Gasteiger charge is 2.20. The van der Waals surface area contributed by atoms with Gasteiger partial charge in [-0.2, -0.15) is 0 Å². The van der Waals surface area contributed by atoms with Gasteiger partial charge in [0.15, 0.2) is 0 Å². The normalized spacial score (nSPS) is 11.8. The van der Waals surface area contributed by atoms with Crippen molar-refractivity contribution >= 4 is 32.7 Å². The van der Waals surface area contributed by atoms with Gasteiger partial charge in [0, 0.05) is 14.1 Å². The molecular formula is C19H22N4O4S. The first-order valence-electron chi connectivity index (χ1n) is 8.56. The maximum Gasteiger partial charge on any atom is 0.244 e. The smallest absolute Gasteiger partial charge is 0.244 e. The average molecular weight is 402 g/mol. The molecule has 0 unspecified atom stereocenters. The van der Waals surface area contributed by atoms with Gasteiger partial charge in [-0.05, 0) is 37.3 Å². The van der Waals surface area contributed by atoms with Crippen LogP contribution in [0.3, 0.4) is 0 Å². The molecule has 0 spiro atoms. The van der Waals surface area contributed by atoms with Crippen molar-refractivity contribution in [1.29, 1.82) is 0 Å². The quantitative estimate of drug-likeness (QED) is 0.683. The summed E-state index contributed by atoms with van der Waals surface area (Å²) in [7, 11) is 0.721. The molecule has 0 aliphatic heterocycles. The van der Waals surface area contributed by atoms with E-state index in [2.05, 4.69) is 10.3 Å². The number of carbonyl (C=O) groups is 1. The summed E-state index contributed by atoms with van der Waals surface area (Å²) in [6, 6.07) is 11.9. The third-order valence-corrected chi connectivity index (χ3v) is 6.18. The van der Waals surface area contributed by atoms with Crippen molar-refractivity contribution in [3.8, 4) is 5.75 Å². The van der Waals surface area contributed by atoms with Crippen molar-refractivity contribution < 1.29 is 17.9 Å². The summed E-state index contributed by atoms with van der Waals surface area (Å²) in [5.74, 6) is 0.773. The Labute approximate surface area is 163 Å². The Balaban J connectivity index is 1.90. The number of hydrogen-bond acceptors (Lipinski definition) is 5. The lowest BCUT2D eigenvalue weighted by molar-refractivity contribution is -0.116. The lowest BCUT2D eigenvalue weighted by atomic mass is 10.3. The molecule has 0 bridgehead atoms. The molecule has 1 N–H and O–H groups in total. The summed E-state index contributed by atoms with van der Waals surface area (Å²) >= 11 is 0. The molecule has 28 heavy (non-hydrogen) atoms. The zero-order valence-electron chi connectivity index (χ0n) is 16.1. The minimum Gasteiger partial charge on any atom is -0.495 e. The van der Waals surface area contributed by atoms with Crippen molar-refractivity contribution in [1.82, 2.24) is 13.9 Å². The van der Waals surface area contributed by atoms with Gasteiger partial charge in [-0.3, -0.25) is 4.79 Å². The molecule has 1 amide bonds. The molecule has 0 saturated heterocycles. The van der Waals surface area contributed by atoms with E-state index in [1.54, 1.807) is 4.57 Å². The Kier molecular flexibility index (Phi) is 5.39. The number of sulfonamides is 1. The number of nitrogens with one attached hydrogen (secondary N) is 1. The van der Waals surface area contributed by atoms with Gasteiger partial charge in [-0.15, -0.1) is 0 Å². The number of hydrogen-bond donors (Lipinski definition) is 1. The predicted molar refractivity (Wildman–Crippen MR) is 107 cm³/mol. The number of anilines is 1. The van der Waals surface area contributed by atoms with E-state index in [0.29, 0.717) is 11.6 Å². The molecule has 0 aliphatic rings. The van der Waals surface area contributed by atoms with E-state index in [4.69, 9.17) is 4.74 Å². The molecule has 8 nitrogen and oxygen atoms in total. The number of fused-ring (bicyclic) bond motifs is 1. The zero-order valence-corrected chi connectivity index (χ0v) is 16.9. The first-order chi connectivity index (χ1) is 13.2. The second-order valence-electron chi connectivity index (χ2n) is 6.43. The number of nitrogens with zero attached hydrogens (tertiary/aromatic N) is 3. The van der Waals surface area contributed by atoms with Gasteiger partial charge in [0.2, 0.25) is 15.9 Å². The molecule has 9 heteroatoms. The summed E-state index contributed by atoms with van der Waals surface area (Å²) in [4.78, 5) is 17.2. The van der Waals surface area contributed by atoms with Crippen LogP contribution in [-0.2, 0) is 21.4 Å². The number of imidazole rings is 1. The van der Waals surface area contributed by atoms with Crippen molar-refractivity contribution in [2.24, 2.45) is 0 Å². The number of benzene rings is 2. The third kappa shape index (κ3) is 3.71. The standard InChI is InChI=1S/C19H22N4O4S/c1-13-20-15-7-5-6-8-17(15)23(13)12-19(24)21-16-11-14(9-10-18(16)27-4)28(25,26)22(2)3/h5-11H,12H2,1-4H3,(H,21,24). The largest absolute Gasteiger partial charge is 0.495 e. The van der Waals surface area contributed by atoms with Crippen LogP contribution in [0.2, 0.25) is 0 Å². The Morgan fingerprint density at radius 2 is 1.93 bits per heavy atom. The van der Waals surface area contributed by atoms with Crippen LogP contribution in [0.4, 0.5) is 5.69 Å². The fourth-order valence-electron chi connectivity index (χ4n) is 2.88. The number of methoxy groups -OCH3 is 1. The summed E-state index contributed by atoms with van der Waals surface area (Å²) in [6.07, 6.45) is 0. The van der Waals surface area contributed by atoms with Gasteiger partial charge in [0.05, 0.1) is 28.7 Å². The molecule has 0 saturated carbocycles. The number of rotatable bonds is 6. The van der Waals surface area contributed by atoms with Gasteiger partial charge in [-0.25, -0.2) is 17.7 Å². The van der Waals surface area contributed by atoms with Gasteiger partial charge < -0.3 is 14.6 Å². The molecular weight excluding hydrogens is 380 g/mol. The summed E-state index contributed by atoms with van der Waals surface area (Å²) < 4.78 is 32.9. The van der Waals surface area contributed by atoms with Crippen molar-refractivity contribution in [2.75, 3.05) is 26.5 Å². The summed E-state index contributed by atoms with van der Waals surface area (Å²) in [6.45, 7) is 1.87. The van der Waals surface area contributed by atoms with Crippen LogP contribution in [-0.4, -0.2) is 49.4 Å². The van der Waals surface area contributed by atoms with E-state index >= 15 is 0 Å². The number of amides is 1. The van der Waals surface area contributed by atoms with Crippen molar-refractivity contribution in [3.63, 3.8) is 0 Å². The highest BCUT2D eigenvalue weighted by molar-refractivity contribution is 7.89. The van der Waals surface area contributed by atoms with E-state index in [9.17, 15) is 13.2 Å². The average Bonchev–Trinajstić information content (AvgIpc) is 2.97. The first-order valence-corrected chi connectivity index (χ1v) is 10.0. The van der Waals surface area contributed by atoms with Crippen molar-refractivity contribution in [3.05, 3.63) is 48.3 Å². The molecule has 0 aliphatic carbocycles. The Morgan fingerprint density at radius 1 is 1.21 bits per heavy atom. The second-order valence-corrected chi connectivity index (χ2v) is 8.58. The highest BCUT2D eigenvalue weighted by atomic mass is 32.2. The minimum absolute atomic E-state index is 0.0418. The Bertz CT molecular complexity index is 1140. The monoisotopic (exact) mass is 402 g/mol. The maximum atomic E-state index is 12.7. The zero-order chi connectivity index (χ0) is 20.5. The highest BCUT2D eigenvalue weighted by Crippen LogP contribution is 2.28. The SMILES string of the molecule is COc1ccc(S(=O)(=O)N(C)C)cc1NC(=O)Cn1c(C)nc2ccccc21. The second kappa shape index (κ2) is 7.61. The molecule has 1 aromatic heterocycles. The van der Waals surface area contributed by atoms with E-state index in [-0.39, 0.29) is 23.0 Å². The minimum atomic E-state index is -3.63. The number of carbonyl (C=O) groups excluding carboxylic acids is 1. The van der Waals surface area contributed by atoms with Crippen LogP contribution in [0.5, 0.6) is 5.75 Å². The number of para-hydroxylation sites is 2. The van der Waals surface area contributed by atoms with E-state index < -0.39 is 10.0 Å². The van der Waals surface area contributed by atoms with Crippen molar-refractivity contribution in [2.45, 2.75) is 18.4 Å². The topological polar surface area (TPSA) is 93.5 Å².